The zero-order chi connectivity index (χ0) is 14.9. The fourth-order valence-electron chi connectivity index (χ4n) is 2.70. The molecule has 0 saturated carbocycles. The number of rotatable bonds is 3. The van der Waals surface area contributed by atoms with E-state index in [2.05, 4.69) is 15.9 Å². The van der Waals surface area contributed by atoms with E-state index in [-0.39, 0.29) is 24.5 Å². The van der Waals surface area contributed by atoms with E-state index in [0.29, 0.717) is 15.9 Å². The molecular formula is C14H22BrClN2O2S. The highest BCUT2D eigenvalue weighted by Crippen LogP contribution is 2.31. The molecule has 1 aromatic carbocycles. The summed E-state index contributed by atoms with van der Waals surface area (Å²) < 4.78 is 27.9. The molecular weight excluding hydrogens is 376 g/mol. The molecule has 1 aromatic rings. The zero-order valence-electron chi connectivity index (χ0n) is 12.3. The standard InChI is InChI=1S/C14H21BrN2O2S.ClH/c1-10-6-7-14(12(15)9-10)20(18,19)17-8-4-3-5-13(17)11(2)16;/h6-7,9,11,13H,3-5,8,16H2,1-2H3;1H. The van der Waals surface area contributed by atoms with Gasteiger partial charge in [-0.25, -0.2) is 8.42 Å². The van der Waals surface area contributed by atoms with Gasteiger partial charge in [-0.05, 0) is 60.3 Å². The van der Waals surface area contributed by atoms with Crippen molar-refractivity contribution in [2.75, 3.05) is 6.54 Å². The molecule has 0 radical (unpaired) electrons. The summed E-state index contributed by atoms with van der Waals surface area (Å²) >= 11 is 3.37. The van der Waals surface area contributed by atoms with Crippen molar-refractivity contribution in [3.05, 3.63) is 28.2 Å². The molecule has 0 aromatic heterocycles. The lowest BCUT2D eigenvalue weighted by atomic mass is 10.00. The molecule has 1 fully saturated rings. The monoisotopic (exact) mass is 396 g/mol. The predicted octanol–water partition coefficient (Wildman–Crippen LogP) is 3.07. The lowest BCUT2D eigenvalue weighted by Gasteiger charge is -2.37. The molecule has 21 heavy (non-hydrogen) atoms. The van der Waals surface area contributed by atoms with Crippen LogP contribution in [0, 0.1) is 6.92 Å². The summed E-state index contributed by atoms with van der Waals surface area (Å²) in [6.45, 7) is 4.37. The van der Waals surface area contributed by atoms with Crippen LogP contribution in [-0.2, 0) is 10.0 Å². The number of sulfonamides is 1. The summed E-state index contributed by atoms with van der Waals surface area (Å²) in [6, 6.07) is 5.05. The number of hydrogen-bond donors (Lipinski definition) is 1. The van der Waals surface area contributed by atoms with Gasteiger partial charge in [0.05, 0.1) is 4.90 Å². The number of piperidine rings is 1. The number of benzene rings is 1. The second kappa shape index (κ2) is 7.42. The Labute approximate surface area is 141 Å². The van der Waals surface area contributed by atoms with Gasteiger partial charge in [0.1, 0.15) is 0 Å². The Balaban J connectivity index is 0.00000220. The maximum Gasteiger partial charge on any atom is 0.244 e. The largest absolute Gasteiger partial charge is 0.326 e. The van der Waals surface area contributed by atoms with Gasteiger partial charge < -0.3 is 5.73 Å². The van der Waals surface area contributed by atoms with Crippen LogP contribution >= 0.6 is 28.3 Å². The third kappa shape index (κ3) is 3.99. The minimum absolute atomic E-state index is 0. The smallest absolute Gasteiger partial charge is 0.244 e. The van der Waals surface area contributed by atoms with Gasteiger partial charge in [0.25, 0.3) is 0 Å². The first-order chi connectivity index (χ1) is 9.34. The molecule has 2 atom stereocenters. The van der Waals surface area contributed by atoms with Crippen LogP contribution in [0.25, 0.3) is 0 Å². The van der Waals surface area contributed by atoms with Crippen molar-refractivity contribution in [1.82, 2.24) is 4.31 Å². The third-order valence-corrected chi connectivity index (χ3v) is 6.68. The number of halogens is 2. The number of aryl methyl sites for hydroxylation is 1. The van der Waals surface area contributed by atoms with Gasteiger partial charge in [-0.1, -0.05) is 12.5 Å². The van der Waals surface area contributed by atoms with E-state index in [9.17, 15) is 8.42 Å². The summed E-state index contributed by atoms with van der Waals surface area (Å²) in [6.07, 6.45) is 2.76. The van der Waals surface area contributed by atoms with Gasteiger partial charge in [0, 0.05) is 23.1 Å². The molecule has 2 rings (SSSR count). The molecule has 7 heteroatoms. The van der Waals surface area contributed by atoms with Gasteiger partial charge in [0.2, 0.25) is 10.0 Å². The predicted molar refractivity (Wildman–Crippen MR) is 91.3 cm³/mol. The molecule has 0 spiro atoms. The van der Waals surface area contributed by atoms with Crippen molar-refractivity contribution in [1.29, 1.82) is 0 Å². The van der Waals surface area contributed by atoms with Crippen LogP contribution in [-0.4, -0.2) is 31.4 Å². The first-order valence-corrected chi connectivity index (χ1v) is 9.11. The summed E-state index contributed by atoms with van der Waals surface area (Å²) in [7, 11) is -3.50. The Morgan fingerprint density at radius 2 is 2.05 bits per heavy atom. The van der Waals surface area contributed by atoms with E-state index in [1.807, 2.05) is 26.0 Å². The summed E-state index contributed by atoms with van der Waals surface area (Å²) in [5, 5.41) is 0. The second-order valence-corrected chi connectivity index (χ2v) is 8.19. The minimum atomic E-state index is -3.50. The van der Waals surface area contributed by atoms with Crippen molar-refractivity contribution >= 4 is 38.4 Å². The van der Waals surface area contributed by atoms with Gasteiger partial charge in [-0.2, -0.15) is 4.31 Å². The fraction of sp³-hybridized carbons (Fsp3) is 0.571. The highest BCUT2D eigenvalue weighted by Gasteiger charge is 2.36. The summed E-state index contributed by atoms with van der Waals surface area (Å²) in [5.74, 6) is 0. The quantitative estimate of drug-likeness (QED) is 0.852. The van der Waals surface area contributed by atoms with E-state index in [0.717, 1.165) is 24.8 Å². The van der Waals surface area contributed by atoms with Gasteiger partial charge >= 0.3 is 0 Å². The second-order valence-electron chi connectivity index (χ2n) is 5.47. The maximum atomic E-state index is 12.9. The van der Waals surface area contributed by atoms with Crippen LogP contribution in [0.3, 0.4) is 0 Å². The van der Waals surface area contributed by atoms with Crippen LogP contribution in [0.5, 0.6) is 0 Å². The molecule has 1 saturated heterocycles. The van der Waals surface area contributed by atoms with E-state index < -0.39 is 10.0 Å². The maximum absolute atomic E-state index is 12.9. The molecule has 1 heterocycles. The lowest BCUT2D eigenvalue weighted by Crippen LogP contribution is -2.51. The normalized spacial score (nSPS) is 21.6. The van der Waals surface area contributed by atoms with Gasteiger partial charge in [-0.3, -0.25) is 0 Å². The zero-order valence-corrected chi connectivity index (χ0v) is 15.5. The molecule has 1 aliphatic heterocycles. The highest BCUT2D eigenvalue weighted by molar-refractivity contribution is 9.10. The van der Waals surface area contributed by atoms with E-state index in [1.54, 1.807) is 10.4 Å². The van der Waals surface area contributed by atoms with Crippen molar-refractivity contribution in [3.8, 4) is 0 Å². The fourth-order valence-corrected chi connectivity index (χ4v) is 5.62. The van der Waals surface area contributed by atoms with Crippen molar-refractivity contribution < 1.29 is 8.42 Å². The first kappa shape index (κ1) is 18.9. The molecule has 4 nitrogen and oxygen atoms in total. The van der Waals surface area contributed by atoms with Crippen LogP contribution in [0.4, 0.5) is 0 Å². The first-order valence-electron chi connectivity index (χ1n) is 6.87. The van der Waals surface area contributed by atoms with Gasteiger partial charge in [0.15, 0.2) is 0 Å². The molecule has 0 bridgehead atoms. The third-order valence-electron chi connectivity index (χ3n) is 3.78. The molecule has 120 valence electrons. The summed E-state index contributed by atoms with van der Waals surface area (Å²) in [4.78, 5) is 0.329. The molecule has 2 N–H and O–H groups in total. The Morgan fingerprint density at radius 3 is 2.62 bits per heavy atom. The van der Waals surface area contributed by atoms with Gasteiger partial charge in [-0.15, -0.1) is 12.4 Å². The Morgan fingerprint density at radius 1 is 1.38 bits per heavy atom. The van der Waals surface area contributed by atoms with Crippen molar-refractivity contribution in [3.63, 3.8) is 0 Å². The minimum Gasteiger partial charge on any atom is -0.326 e. The van der Waals surface area contributed by atoms with Crippen LogP contribution in [0.2, 0.25) is 0 Å². The highest BCUT2D eigenvalue weighted by atomic mass is 79.9. The number of nitrogens with two attached hydrogens (primary N) is 1. The molecule has 1 aliphatic rings. The van der Waals surface area contributed by atoms with Crippen molar-refractivity contribution in [2.45, 2.75) is 50.1 Å². The lowest BCUT2D eigenvalue weighted by molar-refractivity contribution is 0.227. The van der Waals surface area contributed by atoms with E-state index in [1.165, 1.54) is 0 Å². The molecule has 0 aliphatic carbocycles. The topological polar surface area (TPSA) is 63.4 Å². The summed E-state index contributed by atoms with van der Waals surface area (Å²) in [5.41, 5.74) is 7.00. The Kier molecular flexibility index (Phi) is 6.68. The van der Waals surface area contributed by atoms with Crippen LogP contribution < -0.4 is 5.73 Å². The van der Waals surface area contributed by atoms with Crippen LogP contribution in [0.1, 0.15) is 31.7 Å². The SMILES string of the molecule is Cc1ccc(S(=O)(=O)N2CCCCC2C(C)N)c(Br)c1.Cl. The van der Waals surface area contributed by atoms with Crippen LogP contribution in [0.15, 0.2) is 27.6 Å². The number of nitrogens with zero attached hydrogens (tertiary/aromatic N) is 1. The number of hydrogen-bond acceptors (Lipinski definition) is 3. The Bertz CT molecular complexity index is 593. The average molecular weight is 398 g/mol. The average Bonchev–Trinajstić information content (AvgIpc) is 2.38. The van der Waals surface area contributed by atoms with E-state index in [4.69, 9.17) is 5.73 Å². The molecule has 2 unspecified atom stereocenters. The molecule has 0 amide bonds. The van der Waals surface area contributed by atoms with E-state index >= 15 is 0 Å². The van der Waals surface area contributed by atoms with Crippen molar-refractivity contribution in [2.24, 2.45) is 5.73 Å². The Hall–Kier alpha value is -0.140.